The highest BCUT2D eigenvalue weighted by molar-refractivity contribution is 6.15. The van der Waals surface area contributed by atoms with E-state index >= 15 is 0 Å². The molecule has 0 fully saturated rings. The van der Waals surface area contributed by atoms with Crippen molar-refractivity contribution < 1.29 is 14.3 Å². The van der Waals surface area contributed by atoms with Crippen molar-refractivity contribution in [2.75, 3.05) is 14.2 Å². The lowest BCUT2D eigenvalue weighted by Crippen LogP contribution is -2.16. The first-order valence-electron chi connectivity index (χ1n) is 9.08. The maximum Gasteiger partial charge on any atom is 0.205 e. The van der Waals surface area contributed by atoms with Gasteiger partial charge in [0.15, 0.2) is 11.5 Å². The molecular formula is C23H23NO3. The van der Waals surface area contributed by atoms with E-state index in [1.807, 2.05) is 35.9 Å². The van der Waals surface area contributed by atoms with E-state index in [1.54, 1.807) is 14.2 Å². The minimum atomic E-state index is 0.113. The first kappa shape index (κ1) is 17.4. The second-order valence-electron chi connectivity index (χ2n) is 7.02. The summed E-state index contributed by atoms with van der Waals surface area (Å²) in [5.41, 5.74) is 6.09. The van der Waals surface area contributed by atoms with E-state index in [9.17, 15) is 4.79 Å². The van der Waals surface area contributed by atoms with Crippen LogP contribution in [0.25, 0.3) is 17.0 Å². The number of carbonyl (C=O) groups excluding carboxylic acids is 1. The summed E-state index contributed by atoms with van der Waals surface area (Å²) in [5.74, 6) is 1.46. The summed E-state index contributed by atoms with van der Waals surface area (Å²) >= 11 is 0. The molecule has 27 heavy (non-hydrogen) atoms. The fourth-order valence-electron chi connectivity index (χ4n) is 3.98. The lowest BCUT2D eigenvalue weighted by Gasteiger charge is -2.16. The lowest BCUT2D eigenvalue weighted by atomic mass is 9.89. The van der Waals surface area contributed by atoms with Gasteiger partial charge < -0.3 is 14.0 Å². The van der Waals surface area contributed by atoms with E-state index in [-0.39, 0.29) is 5.78 Å². The van der Waals surface area contributed by atoms with Gasteiger partial charge in [-0.15, -0.1) is 0 Å². The van der Waals surface area contributed by atoms with Gasteiger partial charge in [-0.3, -0.25) is 4.79 Å². The van der Waals surface area contributed by atoms with Crippen molar-refractivity contribution in [3.8, 4) is 11.5 Å². The van der Waals surface area contributed by atoms with Crippen LogP contribution in [0.1, 0.15) is 33.6 Å². The normalized spacial score (nSPS) is 15.3. The number of Topliss-reactive ketones (excluding diaryl/α,β-unsaturated/α-hetero) is 1. The summed E-state index contributed by atoms with van der Waals surface area (Å²) in [4.78, 5) is 13.2. The van der Waals surface area contributed by atoms with Crippen molar-refractivity contribution in [2.45, 2.75) is 19.8 Å². The average Bonchev–Trinajstić information content (AvgIpc) is 2.96. The van der Waals surface area contributed by atoms with Crippen molar-refractivity contribution in [1.29, 1.82) is 0 Å². The zero-order valence-corrected chi connectivity index (χ0v) is 16.1. The first-order valence-corrected chi connectivity index (χ1v) is 9.08. The summed E-state index contributed by atoms with van der Waals surface area (Å²) in [6, 6.07) is 12.1. The maximum atomic E-state index is 13.2. The second kappa shape index (κ2) is 6.62. The molecule has 0 N–H and O–H groups in total. The zero-order chi connectivity index (χ0) is 19.1. The number of fused-ring (bicyclic) bond motifs is 3. The molecule has 0 aliphatic heterocycles. The number of nitrogens with zero attached hydrogens (tertiary/aromatic N) is 1. The molecule has 1 aromatic heterocycles. The van der Waals surface area contributed by atoms with Crippen LogP contribution in [-0.4, -0.2) is 24.6 Å². The molecule has 0 spiro atoms. The topological polar surface area (TPSA) is 40.5 Å². The Morgan fingerprint density at radius 3 is 2.52 bits per heavy atom. The Balaban J connectivity index is 1.78. The van der Waals surface area contributed by atoms with E-state index in [4.69, 9.17) is 9.47 Å². The molecule has 0 saturated heterocycles. The molecule has 4 nitrogen and oxygen atoms in total. The van der Waals surface area contributed by atoms with E-state index < -0.39 is 0 Å². The third-order valence-corrected chi connectivity index (χ3v) is 5.36. The number of ketones is 1. The molecule has 0 radical (unpaired) electrons. The SMILES string of the molecule is COc1ccc(/C=C2\CCc3c(n(C)c4ccc(C)cc34)C2=O)cc1OC. The summed E-state index contributed by atoms with van der Waals surface area (Å²) in [7, 11) is 5.21. The number of ether oxygens (including phenoxy) is 2. The Kier molecular flexibility index (Phi) is 4.27. The number of hydrogen-bond donors (Lipinski definition) is 0. The van der Waals surface area contributed by atoms with Crippen molar-refractivity contribution in [1.82, 2.24) is 4.57 Å². The van der Waals surface area contributed by atoms with Crippen LogP contribution in [0.4, 0.5) is 0 Å². The van der Waals surface area contributed by atoms with Crippen LogP contribution in [0.5, 0.6) is 11.5 Å². The summed E-state index contributed by atoms with van der Waals surface area (Å²) in [6.07, 6.45) is 3.59. The maximum absolute atomic E-state index is 13.2. The van der Waals surface area contributed by atoms with Gasteiger partial charge in [0.05, 0.1) is 19.9 Å². The molecule has 1 aliphatic rings. The molecule has 1 aliphatic carbocycles. The summed E-state index contributed by atoms with van der Waals surface area (Å²) in [6.45, 7) is 2.09. The third kappa shape index (κ3) is 2.81. The number of allylic oxidation sites excluding steroid dienone is 1. The van der Waals surface area contributed by atoms with Crippen molar-refractivity contribution in [3.63, 3.8) is 0 Å². The number of aryl methyl sites for hydroxylation is 3. The molecule has 0 saturated carbocycles. The Hall–Kier alpha value is -3.01. The van der Waals surface area contributed by atoms with Crippen LogP contribution >= 0.6 is 0 Å². The summed E-state index contributed by atoms with van der Waals surface area (Å²) < 4.78 is 12.7. The smallest absolute Gasteiger partial charge is 0.205 e. The van der Waals surface area contributed by atoms with Gasteiger partial charge in [-0.1, -0.05) is 17.7 Å². The van der Waals surface area contributed by atoms with Gasteiger partial charge in [0.25, 0.3) is 0 Å². The average molecular weight is 361 g/mol. The van der Waals surface area contributed by atoms with Gasteiger partial charge in [-0.05, 0) is 61.2 Å². The van der Waals surface area contributed by atoms with Crippen LogP contribution in [0, 0.1) is 6.92 Å². The van der Waals surface area contributed by atoms with Crippen LogP contribution in [-0.2, 0) is 13.5 Å². The molecule has 2 aromatic carbocycles. The second-order valence-corrected chi connectivity index (χ2v) is 7.02. The van der Waals surface area contributed by atoms with Gasteiger partial charge >= 0.3 is 0 Å². The van der Waals surface area contributed by atoms with Crippen LogP contribution in [0.3, 0.4) is 0 Å². The third-order valence-electron chi connectivity index (χ3n) is 5.36. The number of carbonyl (C=O) groups is 1. The molecule has 0 bridgehead atoms. The Morgan fingerprint density at radius 1 is 1.00 bits per heavy atom. The number of benzene rings is 2. The highest BCUT2D eigenvalue weighted by Gasteiger charge is 2.28. The number of methoxy groups -OCH3 is 2. The molecular weight excluding hydrogens is 338 g/mol. The molecule has 0 unspecified atom stereocenters. The van der Waals surface area contributed by atoms with E-state index in [1.165, 1.54) is 16.5 Å². The van der Waals surface area contributed by atoms with Gasteiger partial charge in [-0.25, -0.2) is 0 Å². The predicted octanol–water partition coefficient (Wildman–Crippen LogP) is 4.72. The predicted molar refractivity (Wildman–Crippen MR) is 108 cm³/mol. The monoisotopic (exact) mass is 361 g/mol. The molecule has 1 heterocycles. The highest BCUT2D eigenvalue weighted by atomic mass is 16.5. The molecule has 3 aromatic rings. The van der Waals surface area contributed by atoms with E-state index in [2.05, 4.69) is 25.1 Å². The Bertz CT molecular complexity index is 1090. The number of hydrogen-bond acceptors (Lipinski definition) is 3. The van der Waals surface area contributed by atoms with Gasteiger partial charge in [-0.2, -0.15) is 0 Å². The van der Waals surface area contributed by atoms with Crippen LogP contribution < -0.4 is 9.47 Å². The molecule has 0 amide bonds. The van der Waals surface area contributed by atoms with Crippen molar-refractivity contribution in [3.05, 3.63) is 64.4 Å². The quantitative estimate of drug-likeness (QED) is 0.634. The molecule has 4 heteroatoms. The minimum absolute atomic E-state index is 0.113. The van der Waals surface area contributed by atoms with Gasteiger partial charge in [0.2, 0.25) is 5.78 Å². The fraction of sp³-hybridized carbons (Fsp3) is 0.261. The Morgan fingerprint density at radius 2 is 1.78 bits per heavy atom. The van der Waals surface area contributed by atoms with Gasteiger partial charge in [0, 0.05) is 23.5 Å². The largest absolute Gasteiger partial charge is 0.493 e. The number of rotatable bonds is 3. The minimum Gasteiger partial charge on any atom is -0.493 e. The van der Waals surface area contributed by atoms with Crippen LogP contribution in [0.15, 0.2) is 42.0 Å². The fourth-order valence-corrected chi connectivity index (χ4v) is 3.98. The highest BCUT2D eigenvalue weighted by Crippen LogP contribution is 2.35. The Labute approximate surface area is 159 Å². The zero-order valence-electron chi connectivity index (χ0n) is 16.1. The van der Waals surface area contributed by atoms with E-state index in [0.717, 1.165) is 35.2 Å². The van der Waals surface area contributed by atoms with Crippen molar-refractivity contribution in [2.24, 2.45) is 7.05 Å². The lowest BCUT2D eigenvalue weighted by molar-refractivity contribution is 0.101. The summed E-state index contributed by atoms with van der Waals surface area (Å²) in [5, 5.41) is 1.20. The molecule has 0 atom stereocenters. The standard InChI is InChI=1S/C23H23NO3/c1-14-5-9-19-18(11-14)17-8-7-16(23(25)22(17)24(19)2)12-15-6-10-20(26-3)21(13-15)27-4/h5-6,9-13H,7-8H2,1-4H3/b16-12+. The molecule has 138 valence electrons. The van der Waals surface area contributed by atoms with E-state index in [0.29, 0.717) is 11.5 Å². The molecule has 4 rings (SSSR count). The van der Waals surface area contributed by atoms with Crippen molar-refractivity contribution >= 4 is 22.8 Å². The van der Waals surface area contributed by atoms with Crippen LogP contribution in [0.2, 0.25) is 0 Å². The number of aromatic nitrogens is 1. The first-order chi connectivity index (χ1) is 13.0. The van der Waals surface area contributed by atoms with Gasteiger partial charge in [0.1, 0.15) is 0 Å².